The Morgan fingerprint density at radius 3 is 2.40 bits per heavy atom. The minimum absolute atomic E-state index is 0.0661. The Morgan fingerprint density at radius 1 is 1.02 bits per heavy atom. The minimum Gasteiger partial charge on any atom is -0.299 e. The second-order valence-electron chi connectivity index (χ2n) is 11.7. The molecule has 0 bridgehead atoms. The summed E-state index contributed by atoms with van der Waals surface area (Å²) in [4.78, 5) is 18.4. The fourth-order valence-corrected chi connectivity index (χ4v) is 6.69. The average molecular weight is 578 g/mol. The topological polar surface area (TPSA) is 98.2 Å². The lowest BCUT2D eigenvalue weighted by molar-refractivity contribution is -0.125. The minimum atomic E-state index is -3.39. The zero-order chi connectivity index (χ0) is 28.9. The van der Waals surface area contributed by atoms with Gasteiger partial charge in [0.2, 0.25) is 0 Å². The molecule has 0 spiro atoms. The molecule has 40 heavy (non-hydrogen) atoms. The van der Waals surface area contributed by atoms with E-state index in [0.29, 0.717) is 23.3 Å². The summed E-state index contributed by atoms with van der Waals surface area (Å²) in [6.45, 7) is 3.44. The van der Waals surface area contributed by atoms with Crippen LogP contribution in [0.15, 0.2) is 77.9 Å². The highest BCUT2D eigenvalue weighted by molar-refractivity contribution is 7.94. The molecule has 0 N–H and O–H groups in total. The number of hydrogen-bond acceptors (Lipinski definition) is 6. The molecule has 1 fully saturated rings. The number of nitrogens with zero attached hydrogens (tertiary/aromatic N) is 1. The van der Waals surface area contributed by atoms with E-state index in [0.717, 1.165) is 40.4 Å². The summed E-state index contributed by atoms with van der Waals surface area (Å²) >= 11 is 0. The number of rotatable bonds is 9. The van der Waals surface area contributed by atoms with Crippen molar-refractivity contribution >= 4 is 36.4 Å². The molecule has 1 saturated carbocycles. The third kappa shape index (κ3) is 5.70. The van der Waals surface area contributed by atoms with E-state index in [1.165, 1.54) is 12.5 Å². The first kappa shape index (κ1) is 28.4. The van der Waals surface area contributed by atoms with Crippen LogP contribution >= 0.6 is 0 Å². The number of benzene rings is 2. The van der Waals surface area contributed by atoms with Crippen LogP contribution in [0.5, 0.6) is 0 Å². The number of carbonyl (C=O) groups is 1. The molecular formula is C32H35NO5S2. The van der Waals surface area contributed by atoms with Gasteiger partial charge in [0.1, 0.15) is 5.78 Å². The van der Waals surface area contributed by atoms with Gasteiger partial charge in [-0.15, -0.1) is 0 Å². The van der Waals surface area contributed by atoms with Gasteiger partial charge < -0.3 is 0 Å². The first-order chi connectivity index (χ1) is 18.8. The highest BCUT2D eigenvalue weighted by atomic mass is 32.2. The second kappa shape index (κ2) is 10.4. The van der Waals surface area contributed by atoms with E-state index in [-0.39, 0.29) is 23.5 Å². The molecule has 1 heterocycles. The van der Waals surface area contributed by atoms with Crippen LogP contribution in [0, 0.1) is 17.8 Å². The SMILES string of the molecule is CC(C)(c1cc(-c2cccc(CC(C(=O)C3CC3)C3C=CC(S(C)(=O)=O)=CC3)c2)c2ncccc2c1)S(C)(=O)=O. The van der Waals surface area contributed by atoms with Crippen molar-refractivity contribution < 1.29 is 21.6 Å². The number of hydrogen-bond donors (Lipinski definition) is 0. The van der Waals surface area contributed by atoms with E-state index in [9.17, 15) is 21.6 Å². The van der Waals surface area contributed by atoms with Crippen LogP contribution in [0.1, 0.15) is 44.2 Å². The van der Waals surface area contributed by atoms with Crippen molar-refractivity contribution in [3.63, 3.8) is 0 Å². The monoisotopic (exact) mass is 577 g/mol. The molecule has 2 aliphatic carbocycles. The standard InChI is InChI=1S/C32H35NO5S2/c1-32(2,40(4,37)38)26-19-25-9-6-16-33-30(25)28(20-26)24-8-5-7-21(17-24)18-29(31(34)23-10-11-23)22-12-14-27(15-13-22)39(3,35)36/h5-9,12,14-17,19-20,22-23,29H,10-11,13,18H2,1-4H3. The maximum absolute atomic E-state index is 13.4. The highest BCUT2D eigenvalue weighted by Gasteiger charge is 2.38. The van der Waals surface area contributed by atoms with E-state index >= 15 is 0 Å². The molecule has 0 aliphatic heterocycles. The summed E-state index contributed by atoms with van der Waals surface area (Å²) in [7, 11) is -6.68. The molecule has 2 aliphatic rings. The summed E-state index contributed by atoms with van der Waals surface area (Å²) in [5, 5.41) is 0.861. The lowest BCUT2D eigenvalue weighted by Gasteiger charge is -2.26. The van der Waals surface area contributed by atoms with Gasteiger partial charge in [0.15, 0.2) is 19.7 Å². The van der Waals surface area contributed by atoms with Crippen molar-refractivity contribution in [1.82, 2.24) is 4.98 Å². The Morgan fingerprint density at radius 2 is 1.77 bits per heavy atom. The van der Waals surface area contributed by atoms with Crippen LogP contribution in [-0.2, 0) is 35.6 Å². The van der Waals surface area contributed by atoms with E-state index < -0.39 is 24.4 Å². The maximum Gasteiger partial charge on any atom is 0.175 e. The lowest BCUT2D eigenvalue weighted by atomic mass is 9.78. The first-order valence-corrected chi connectivity index (χ1v) is 17.3. The van der Waals surface area contributed by atoms with Crippen molar-refractivity contribution in [2.45, 2.75) is 44.3 Å². The third-order valence-electron chi connectivity index (χ3n) is 8.41. The number of allylic oxidation sites excluding steroid dienone is 3. The maximum atomic E-state index is 13.4. The Kier molecular flexibility index (Phi) is 7.38. The van der Waals surface area contributed by atoms with Gasteiger partial charge in [0.05, 0.1) is 15.2 Å². The van der Waals surface area contributed by atoms with Gasteiger partial charge in [0, 0.05) is 41.5 Å². The fraction of sp³-hybridized carbons (Fsp3) is 0.375. The smallest absolute Gasteiger partial charge is 0.175 e. The summed E-state index contributed by atoms with van der Waals surface area (Å²) in [5.41, 5.74) is 4.23. The van der Waals surface area contributed by atoms with Crippen molar-refractivity contribution in [3.8, 4) is 11.1 Å². The Labute approximate surface area is 237 Å². The molecule has 0 radical (unpaired) electrons. The van der Waals surface area contributed by atoms with Crippen LogP contribution < -0.4 is 0 Å². The summed E-state index contributed by atoms with van der Waals surface area (Å²) in [6, 6.07) is 15.6. The molecule has 2 aromatic carbocycles. The molecule has 0 saturated heterocycles. The van der Waals surface area contributed by atoms with E-state index in [1.54, 1.807) is 32.2 Å². The quantitative estimate of drug-likeness (QED) is 0.318. The molecule has 8 heteroatoms. The predicted octanol–water partition coefficient (Wildman–Crippen LogP) is 5.82. The fourth-order valence-electron chi connectivity index (χ4n) is 5.42. The lowest BCUT2D eigenvalue weighted by Crippen LogP contribution is -2.28. The van der Waals surface area contributed by atoms with Crippen LogP contribution in [0.4, 0.5) is 0 Å². The van der Waals surface area contributed by atoms with Gasteiger partial charge in [0.25, 0.3) is 0 Å². The number of pyridine rings is 1. The molecular weight excluding hydrogens is 542 g/mol. The average Bonchev–Trinajstić information content (AvgIpc) is 3.76. The van der Waals surface area contributed by atoms with Gasteiger partial charge in [-0.2, -0.15) is 0 Å². The Bertz CT molecular complexity index is 1760. The summed E-state index contributed by atoms with van der Waals surface area (Å²) < 4.78 is 48.2. The van der Waals surface area contributed by atoms with E-state index in [1.807, 2.05) is 48.5 Å². The van der Waals surface area contributed by atoms with Gasteiger partial charge in [-0.05, 0) is 86.4 Å². The summed E-state index contributed by atoms with van der Waals surface area (Å²) in [6.07, 6.45) is 12.3. The number of ketones is 1. The second-order valence-corrected chi connectivity index (χ2v) is 16.3. The van der Waals surface area contributed by atoms with Gasteiger partial charge >= 0.3 is 0 Å². The molecule has 1 aromatic heterocycles. The predicted molar refractivity (Wildman–Crippen MR) is 160 cm³/mol. The first-order valence-electron chi connectivity index (χ1n) is 13.6. The number of sulfone groups is 2. The molecule has 6 nitrogen and oxygen atoms in total. The number of Topliss-reactive ketones (excluding diaryl/α,β-unsaturated/α-hetero) is 1. The molecule has 0 amide bonds. The normalized spacial score (nSPS) is 18.9. The van der Waals surface area contributed by atoms with Crippen LogP contribution in [-0.4, -0.2) is 40.1 Å². The summed E-state index contributed by atoms with van der Waals surface area (Å²) in [5.74, 6) is 0.0237. The molecule has 2 atom stereocenters. The van der Waals surface area contributed by atoms with Crippen molar-refractivity contribution in [2.24, 2.45) is 17.8 Å². The van der Waals surface area contributed by atoms with Crippen LogP contribution in [0.2, 0.25) is 0 Å². The van der Waals surface area contributed by atoms with E-state index in [4.69, 9.17) is 0 Å². The Hall–Kier alpha value is -3.10. The molecule has 2 unspecified atom stereocenters. The third-order valence-corrected chi connectivity index (χ3v) is 11.7. The number of carbonyl (C=O) groups excluding carboxylic acids is 1. The van der Waals surface area contributed by atoms with Gasteiger partial charge in [-0.25, -0.2) is 16.8 Å². The molecule has 210 valence electrons. The van der Waals surface area contributed by atoms with Crippen molar-refractivity contribution in [2.75, 3.05) is 12.5 Å². The van der Waals surface area contributed by atoms with E-state index in [2.05, 4.69) is 11.1 Å². The highest BCUT2D eigenvalue weighted by Crippen LogP contribution is 2.40. The Balaban J connectivity index is 1.53. The number of aromatic nitrogens is 1. The van der Waals surface area contributed by atoms with Crippen molar-refractivity contribution in [3.05, 3.63) is 89.0 Å². The molecule has 3 aromatic rings. The number of fused-ring (bicyclic) bond motifs is 1. The molecule has 5 rings (SSSR count). The van der Waals surface area contributed by atoms with Gasteiger partial charge in [-0.1, -0.05) is 42.5 Å². The largest absolute Gasteiger partial charge is 0.299 e. The van der Waals surface area contributed by atoms with Crippen LogP contribution in [0.3, 0.4) is 0 Å². The zero-order valence-electron chi connectivity index (χ0n) is 23.3. The van der Waals surface area contributed by atoms with Gasteiger partial charge in [-0.3, -0.25) is 9.78 Å². The van der Waals surface area contributed by atoms with Crippen LogP contribution in [0.25, 0.3) is 22.0 Å². The zero-order valence-corrected chi connectivity index (χ0v) is 24.9. The van der Waals surface area contributed by atoms with Crippen molar-refractivity contribution in [1.29, 1.82) is 0 Å².